The Balaban J connectivity index is 1.09. The molecule has 9 aromatic carbocycles. The largest absolute Gasteiger partial charge is 0.310 e. The molecule has 0 radical (unpaired) electrons. The molecule has 0 unspecified atom stereocenters. The smallest absolute Gasteiger partial charge is 0.164 e. The number of aryl methyl sites for hydroxylation is 1. The van der Waals surface area contributed by atoms with E-state index in [1.54, 1.807) is 0 Å². The van der Waals surface area contributed by atoms with Crippen LogP contribution in [0.15, 0.2) is 237 Å². The molecule has 11 rings (SSSR count). The van der Waals surface area contributed by atoms with Crippen molar-refractivity contribution in [2.24, 2.45) is 0 Å². The van der Waals surface area contributed by atoms with Crippen LogP contribution >= 0.6 is 0 Å². The normalized spacial score (nSPS) is 11.2. The summed E-state index contributed by atoms with van der Waals surface area (Å²) in [5.41, 5.74) is 13.8. The molecule has 0 spiro atoms. The second kappa shape index (κ2) is 16.7. The van der Waals surface area contributed by atoms with Crippen LogP contribution in [0.1, 0.15) is 5.56 Å². The van der Waals surface area contributed by atoms with Gasteiger partial charge in [-0.25, -0.2) is 15.0 Å². The highest BCUT2D eigenvalue weighted by Gasteiger charge is 2.21. The van der Waals surface area contributed by atoms with E-state index in [9.17, 15) is 0 Å². The van der Waals surface area contributed by atoms with Gasteiger partial charge in [0.15, 0.2) is 17.5 Å². The van der Waals surface area contributed by atoms with Crippen LogP contribution in [0.25, 0.3) is 61.7 Å². The number of nitrogens with zero attached hydrogens (tertiary/aromatic N) is 6. The van der Waals surface area contributed by atoms with Crippen molar-refractivity contribution in [1.29, 1.82) is 0 Å². The lowest BCUT2D eigenvalue weighted by molar-refractivity contribution is 1.07. The Morgan fingerprint density at radius 3 is 1.03 bits per heavy atom. The Morgan fingerprint density at radius 1 is 0.312 bits per heavy atom. The second-order valence-electron chi connectivity index (χ2n) is 15.8. The van der Waals surface area contributed by atoms with Crippen molar-refractivity contribution in [3.8, 4) is 39.9 Å². The fourth-order valence-corrected chi connectivity index (χ4v) is 8.57. The highest BCUT2D eigenvalue weighted by Crippen LogP contribution is 2.43. The van der Waals surface area contributed by atoms with Gasteiger partial charge in [0, 0.05) is 67.3 Å². The highest BCUT2D eigenvalue weighted by molar-refractivity contribution is 6.12. The van der Waals surface area contributed by atoms with Crippen LogP contribution in [0.3, 0.4) is 0 Å². The molecule has 0 bridgehead atoms. The van der Waals surface area contributed by atoms with E-state index < -0.39 is 0 Å². The fraction of sp³-hybridized carbons (Fsp3) is 0.0172. The molecule has 0 saturated heterocycles. The van der Waals surface area contributed by atoms with Crippen molar-refractivity contribution in [3.05, 3.63) is 242 Å². The minimum atomic E-state index is 0.620. The molecule has 11 aromatic rings. The zero-order valence-electron chi connectivity index (χ0n) is 35.2. The van der Waals surface area contributed by atoms with Gasteiger partial charge in [0.2, 0.25) is 0 Å². The highest BCUT2D eigenvalue weighted by atomic mass is 15.2. The lowest BCUT2D eigenvalue weighted by atomic mass is 10.1. The maximum atomic E-state index is 5.01. The molecule has 2 aromatic heterocycles. The molecule has 2 heterocycles. The molecule has 0 saturated carbocycles. The lowest BCUT2D eigenvalue weighted by Gasteiger charge is -2.26. The van der Waals surface area contributed by atoms with Gasteiger partial charge in [-0.05, 0) is 116 Å². The van der Waals surface area contributed by atoms with Crippen LogP contribution in [0, 0.1) is 6.92 Å². The topological polar surface area (TPSA) is 50.1 Å². The third kappa shape index (κ3) is 7.33. The zero-order valence-corrected chi connectivity index (χ0v) is 35.2. The van der Waals surface area contributed by atoms with E-state index in [0.29, 0.717) is 17.5 Å². The standard InChI is InChI=1S/C58H42N6/c1-41-27-31-48(32-28-41)63(47-25-15-6-16-26-47)51-36-38-55-53(40-51)52-39-50(62(45-21-11-4-12-22-45)46-23-13-5-14-24-46)35-37-54(52)64(55)49-33-29-44(30-34-49)58-60-56(42-17-7-2-8-18-42)59-57(61-58)43-19-9-3-10-20-43/h2-40H,1H3. The van der Waals surface area contributed by atoms with Crippen LogP contribution in [0.5, 0.6) is 0 Å². The number of rotatable bonds is 10. The molecule has 0 fully saturated rings. The van der Waals surface area contributed by atoms with Crippen molar-refractivity contribution in [2.45, 2.75) is 6.92 Å². The quantitative estimate of drug-likeness (QED) is 0.138. The Labute approximate surface area is 372 Å². The van der Waals surface area contributed by atoms with Gasteiger partial charge in [-0.1, -0.05) is 133 Å². The van der Waals surface area contributed by atoms with Crippen molar-refractivity contribution in [2.75, 3.05) is 9.80 Å². The minimum Gasteiger partial charge on any atom is -0.310 e. The number of hydrogen-bond donors (Lipinski definition) is 0. The van der Waals surface area contributed by atoms with E-state index in [4.69, 9.17) is 15.0 Å². The summed E-state index contributed by atoms with van der Waals surface area (Å²) in [6.45, 7) is 2.13. The molecule has 6 heteroatoms. The van der Waals surface area contributed by atoms with Gasteiger partial charge in [-0.3, -0.25) is 0 Å². The lowest BCUT2D eigenvalue weighted by Crippen LogP contribution is -2.09. The molecule has 0 N–H and O–H groups in total. The summed E-state index contributed by atoms with van der Waals surface area (Å²) in [5, 5.41) is 2.29. The molecular formula is C58H42N6. The summed E-state index contributed by atoms with van der Waals surface area (Å²) in [4.78, 5) is 19.6. The number of anilines is 6. The molecule has 0 aliphatic heterocycles. The van der Waals surface area contributed by atoms with Gasteiger partial charge < -0.3 is 14.4 Å². The third-order valence-corrected chi connectivity index (χ3v) is 11.7. The van der Waals surface area contributed by atoms with Gasteiger partial charge in [0.1, 0.15) is 0 Å². The van der Waals surface area contributed by atoms with Crippen LogP contribution in [-0.4, -0.2) is 19.5 Å². The van der Waals surface area contributed by atoms with Crippen LogP contribution in [0.4, 0.5) is 34.1 Å². The van der Waals surface area contributed by atoms with E-state index in [1.807, 2.05) is 60.7 Å². The van der Waals surface area contributed by atoms with Crippen molar-refractivity contribution in [3.63, 3.8) is 0 Å². The van der Waals surface area contributed by atoms with E-state index in [2.05, 4.69) is 197 Å². The first-order valence-electron chi connectivity index (χ1n) is 21.5. The van der Waals surface area contributed by atoms with Gasteiger partial charge in [0.05, 0.1) is 11.0 Å². The molecule has 0 aliphatic carbocycles. The van der Waals surface area contributed by atoms with Gasteiger partial charge in [0.25, 0.3) is 0 Å². The third-order valence-electron chi connectivity index (χ3n) is 11.7. The zero-order chi connectivity index (χ0) is 42.8. The Morgan fingerprint density at radius 2 is 0.641 bits per heavy atom. The average molecular weight is 823 g/mol. The Kier molecular flexibility index (Phi) is 9.99. The molecule has 64 heavy (non-hydrogen) atoms. The van der Waals surface area contributed by atoms with Gasteiger partial charge in [-0.15, -0.1) is 0 Å². The Bertz CT molecular complexity index is 3260. The summed E-state index contributed by atoms with van der Waals surface area (Å²) in [6, 6.07) is 83.0. The second-order valence-corrected chi connectivity index (χ2v) is 15.8. The van der Waals surface area contributed by atoms with Crippen molar-refractivity contribution in [1.82, 2.24) is 19.5 Å². The molecule has 6 nitrogen and oxygen atoms in total. The number of para-hydroxylation sites is 3. The summed E-state index contributed by atoms with van der Waals surface area (Å²) in [6.07, 6.45) is 0. The fourth-order valence-electron chi connectivity index (χ4n) is 8.57. The van der Waals surface area contributed by atoms with Crippen molar-refractivity contribution >= 4 is 55.9 Å². The predicted molar refractivity (Wildman–Crippen MR) is 265 cm³/mol. The molecule has 0 atom stereocenters. The van der Waals surface area contributed by atoms with E-state index >= 15 is 0 Å². The van der Waals surface area contributed by atoms with Crippen molar-refractivity contribution < 1.29 is 0 Å². The summed E-state index contributed by atoms with van der Waals surface area (Å²) in [5.74, 6) is 1.89. The first-order valence-corrected chi connectivity index (χ1v) is 21.5. The van der Waals surface area contributed by atoms with Crippen LogP contribution < -0.4 is 9.80 Å². The summed E-state index contributed by atoms with van der Waals surface area (Å²) in [7, 11) is 0. The maximum absolute atomic E-state index is 5.01. The molecule has 0 aliphatic rings. The predicted octanol–water partition coefficient (Wildman–Crippen LogP) is 15.2. The summed E-state index contributed by atoms with van der Waals surface area (Å²) < 4.78 is 2.37. The number of fused-ring (bicyclic) bond motifs is 3. The van der Waals surface area contributed by atoms with E-state index in [-0.39, 0.29) is 0 Å². The number of hydrogen-bond acceptors (Lipinski definition) is 5. The van der Waals surface area contributed by atoms with E-state index in [0.717, 1.165) is 78.3 Å². The number of aromatic nitrogens is 4. The maximum Gasteiger partial charge on any atom is 0.164 e. The molecule has 304 valence electrons. The molecular weight excluding hydrogens is 781 g/mol. The van der Waals surface area contributed by atoms with Gasteiger partial charge in [-0.2, -0.15) is 0 Å². The van der Waals surface area contributed by atoms with Crippen LogP contribution in [0.2, 0.25) is 0 Å². The SMILES string of the molecule is Cc1ccc(N(c2ccccc2)c2ccc3c(c2)c2cc(N(c4ccccc4)c4ccccc4)ccc2n3-c2ccc(-c3nc(-c4ccccc4)nc(-c4ccccc4)n3)cc2)cc1. The minimum absolute atomic E-state index is 0.620. The summed E-state index contributed by atoms with van der Waals surface area (Å²) >= 11 is 0. The molecule has 0 amide bonds. The van der Waals surface area contributed by atoms with E-state index in [1.165, 1.54) is 5.56 Å². The Hall–Kier alpha value is -8.61. The monoisotopic (exact) mass is 822 g/mol. The van der Waals surface area contributed by atoms with Gasteiger partial charge >= 0.3 is 0 Å². The average Bonchev–Trinajstić information content (AvgIpc) is 3.69. The van der Waals surface area contributed by atoms with Crippen LogP contribution in [-0.2, 0) is 0 Å². The number of benzene rings is 9. The first kappa shape index (κ1) is 38.3. The first-order chi connectivity index (χ1) is 31.6.